The molecule has 3 N–H and O–H groups in total. The van der Waals surface area contributed by atoms with Gasteiger partial charge in [0.15, 0.2) is 0 Å². The maximum Gasteiger partial charge on any atom is 0.319 e. The van der Waals surface area contributed by atoms with Crippen molar-refractivity contribution in [3.8, 4) is 0 Å². The minimum Gasteiger partial charge on any atom is -0.350 e. The van der Waals surface area contributed by atoms with Gasteiger partial charge in [0.05, 0.1) is 10.0 Å². The van der Waals surface area contributed by atoms with Crippen LogP contribution < -0.4 is 16.0 Å². The lowest BCUT2D eigenvalue weighted by Gasteiger charge is -2.12. The van der Waals surface area contributed by atoms with E-state index >= 15 is 0 Å². The largest absolute Gasteiger partial charge is 0.350 e. The van der Waals surface area contributed by atoms with Gasteiger partial charge in [0.1, 0.15) is 0 Å². The van der Waals surface area contributed by atoms with Gasteiger partial charge in [-0.25, -0.2) is 4.79 Å². The Morgan fingerprint density at radius 1 is 0.920 bits per heavy atom. The summed E-state index contributed by atoms with van der Waals surface area (Å²) in [6.07, 6.45) is 0. The molecule has 0 radical (unpaired) electrons. The van der Waals surface area contributed by atoms with Crippen molar-refractivity contribution < 1.29 is 9.59 Å². The standard InChI is InChI=1S/C18H19Cl2N3O2/c1-11-4-3-5-12(2)16(11)23-18(25)22-9-8-21-17(24)13-6-7-14(19)15(20)10-13/h3-7,10H,8-9H2,1-2H3,(H,21,24)(H2,22,23,25). The molecule has 0 unspecified atom stereocenters. The molecule has 5 nitrogen and oxygen atoms in total. The normalized spacial score (nSPS) is 10.2. The first-order valence-electron chi connectivity index (χ1n) is 7.73. The molecule has 0 fully saturated rings. The summed E-state index contributed by atoms with van der Waals surface area (Å²) in [4.78, 5) is 23.9. The summed E-state index contributed by atoms with van der Waals surface area (Å²) in [6.45, 7) is 4.45. The lowest BCUT2D eigenvalue weighted by Crippen LogP contribution is -2.37. The van der Waals surface area contributed by atoms with Gasteiger partial charge in [-0.05, 0) is 43.2 Å². The Morgan fingerprint density at radius 2 is 1.56 bits per heavy atom. The number of aryl methyl sites for hydroxylation is 2. The van der Waals surface area contributed by atoms with Gasteiger partial charge in [-0.1, -0.05) is 41.4 Å². The molecular weight excluding hydrogens is 361 g/mol. The van der Waals surface area contributed by atoms with Crippen molar-refractivity contribution in [1.29, 1.82) is 0 Å². The first-order chi connectivity index (χ1) is 11.9. The number of rotatable bonds is 5. The summed E-state index contributed by atoms with van der Waals surface area (Å²) in [5.74, 6) is -0.282. The van der Waals surface area contributed by atoms with Crippen LogP contribution in [0.3, 0.4) is 0 Å². The number of hydrogen-bond donors (Lipinski definition) is 3. The first-order valence-corrected chi connectivity index (χ1v) is 8.48. The molecule has 3 amide bonds. The number of urea groups is 1. The molecule has 0 bridgehead atoms. The van der Waals surface area contributed by atoms with Crippen LogP contribution in [-0.2, 0) is 0 Å². The molecule has 0 atom stereocenters. The zero-order valence-electron chi connectivity index (χ0n) is 14.0. The molecule has 132 valence electrons. The topological polar surface area (TPSA) is 70.2 Å². The van der Waals surface area contributed by atoms with E-state index in [1.54, 1.807) is 12.1 Å². The molecule has 0 spiro atoms. The highest BCUT2D eigenvalue weighted by atomic mass is 35.5. The monoisotopic (exact) mass is 379 g/mol. The lowest BCUT2D eigenvalue weighted by atomic mass is 10.1. The van der Waals surface area contributed by atoms with Crippen LogP contribution in [0, 0.1) is 13.8 Å². The fraction of sp³-hybridized carbons (Fsp3) is 0.222. The van der Waals surface area contributed by atoms with E-state index in [4.69, 9.17) is 23.2 Å². The molecule has 0 aliphatic carbocycles. The van der Waals surface area contributed by atoms with E-state index in [0.717, 1.165) is 16.8 Å². The smallest absolute Gasteiger partial charge is 0.319 e. The molecule has 0 aliphatic heterocycles. The Morgan fingerprint density at radius 3 is 2.20 bits per heavy atom. The average molecular weight is 380 g/mol. The van der Waals surface area contributed by atoms with Crippen molar-refractivity contribution in [2.24, 2.45) is 0 Å². The highest BCUT2D eigenvalue weighted by Crippen LogP contribution is 2.22. The second-order valence-electron chi connectivity index (χ2n) is 5.53. The molecular formula is C18H19Cl2N3O2. The summed E-state index contributed by atoms with van der Waals surface area (Å²) in [5.41, 5.74) is 3.18. The number of carbonyl (C=O) groups is 2. The Bertz CT molecular complexity index is 774. The fourth-order valence-electron chi connectivity index (χ4n) is 2.26. The van der Waals surface area contributed by atoms with Crippen LogP contribution in [0.1, 0.15) is 21.5 Å². The first kappa shape index (κ1) is 19.1. The van der Waals surface area contributed by atoms with Crippen molar-refractivity contribution in [2.75, 3.05) is 18.4 Å². The zero-order valence-corrected chi connectivity index (χ0v) is 15.5. The minimum atomic E-state index is -0.318. The van der Waals surface area contributed by atoms with Crippen LogP contribution in [-0.4, -0.2) is 25.0 Å². The Balaban J connectivity index is 1.78. The van der Waals surface area contributed by atoms with E-state index in [9.17, 15) is 9.59 Å². The molecule has 2 aromatic rings. The third-order valence-corrected chi connectivity index (χ3v) is 4.34. The number of amides is 3. The molecule has 2 aromatic carbocycles. The number of hydrogen-bond acceptors (Lipinski definition) is 2. The van der Waals surface area contributed by atoms with E-state index in [0.29, 0.717) is 28.7 Å². The second-order valence-corrected chi connectivity index (χ2v) is 6.35. The van der Waals surface area contributed by atoms with Crippen molar-refractivity contribution in [3.63, 3.8) is 0 Å². The number of para-hydroxylation sites is 1. The van der Waals surface area contributed by atoms with Gasteiger partial charge in [-0.3, -0.25) is 4.79 Å². The van der Waals surface area contributed by atoms with Crippen LogP contribution in [0.5, 0.6) is 0 Å². The van der Waals surface area contributed by atoms with Crippen LogP contribution in [0.4, 0.5) is 10.5 Å². The molecule has 7 heteroatoms. The fourth-order valence-corrected chi connectivity index (χ4v) is 2.56. The number of anilines is 1. The minimum absolute atomic E-state index is 0.282. The number of nitrogens with one attached hydrogen (secondary N) is 3. The van der Waals surface area contributed by atoms with Crippen molar-refractivity contribution in [1.82, 2.24) is 10.6 Å². The maximum absolute atomic E-state index is 12.0. The molecule has 2 rings (SSSR count). The summed E-state index contributed by atoms with van der Waals surface area (Å²) in [7, 11) is 0. The SMILES string of the molecule is Cc1cccc(C)c1NC(=O)NCCNC(=O)c1ccc(Cl)c(Cl)c1. The van der Waals surface area contributed by atoms with Crippen molar-refractivity contribution >= 4 is 40.8 Å². The quantitative estimate of drug-likeness (QED) is 0.682. The third kappa shape index (κ3) is 5.37. The van der Waals surface area contributed by atoms with Crippen LogP contribution in [0.2, 0.25) is 10.0 Å². The molecule has 0 aliphatic rings. The Labute approximate surface area is 156 Å². The Kier molecular flexibility index (Phi) is 6.67. The van der Waals surface area contributed by atoms with Crippen LogP contribution >= 0.6 is 23.2 Å². The van der Waals surface area contributed by atoms with Gasteiger partial charge in [0, 0.05) is 24.3 Å². The molecule has 0 saturated carbocycles. The molecule has 0 saturated heterocycles. The lowest BCUT2D eigenvalue weighted by molar-refractivity contribution is 0.0954. The van der Waals surface area contributed by atoms with E-state index in [1.807, 2.05) is 32.0 Å². The van der Waals surface area contributed by atoms with Crippen molar-refractivity contribution in [2.45, 2.75) is 13.8 Å². The van der Waals surface area contributed by atoms with Crippen LogP contribution in [0.25, 0.3) is 0 Å². The summed E-state index contributed by atoms with van der Waals surface area (Å²) in [5, 5.41) is 8.93. The third-order valence-electron chi connectivity index (χ3n) is 3.60. The van der Waals surface area contributed by atoms with E-state index in [1.165, 1.54) is 6.07 Å². The summed E-state index contributed by atoms with van der Waals surface area (Å²) >= 11 is 11.7. The predicted molar refractivity (Wildman–Crippen MR) is 102 cm³/mol. The molecule has 0 aromatic heterocycles. The summed E-state index contributed by atoms with van der Waals surface area (Å²) < 4.78 is 0. The summed E-state index contributed by atoms with van der Waals surface area (Å²) in [6, 6.07) is 10.1. The van der Waals surface area contributed by atoms with Gasteiger partial charge in [-0.15, -0.1) is 0 Å². The number of benzene rings is 2. The average Bonchev–Trinajstić information content (AvgIpc) is 2.57. The van der Waals surface area contributed by atoms with Gasteiger partial charge in [-0.2, -0.15) is 0 Å². The van der Waals surface area contributed by atoms with Gasteiger partial charge in [0.2, 0.25) is 0 Å². The van der Waals surface area contributed by atoms with E-state index in [-0.39, 0.29) is 11.9 Å². The predicted octanol–water partition coefficient (Wildman–Crippen LogP) is 4.16. The van der Waals surface area contributed by atoms with Crippen LogP contribution in [0.15, 0.2) is 36.4 Å². The van der Waals surface area contributed by atoms with E-state index < -0.39 is 0 Å². The highest BCUT2D eigenvalue weighted by Gasteiger charge is 2.09. The Hall–Kier alpha value is -2.24. The van der Waals surface area contributed by atoms with Gasteiger partial charge < -0.3 is 16.0 Å². The molecule has 0 heterocycles. The number of carbonyl (C=O) groups excluding carboxylic acids is 2. The second kappa shape index (κ2) is 8.74. The van der Waals surface area contributed by atoms with Gasteiger partial charge >= 0.3 is 6.03 Å². The molecule has 25 heavy (non-hydrogen) atoms. The number of halogens is 2. The highest BCUT2D eigenvalue weighted by molar-refractivity contribution is 6.42. The van der Waals surface area contributed by atoms with Crippen molar-refractivity contribution in [3.05, 3.63) is 63.1 Å². The maximum atomic E-state index is 12.0. The van der Waals surface area contributed by atoms with Gasteiger partial charge in [0.25, 0.3) is 5.91 Å². The van der Waals surface area contributed by atoms with E-state index in [2.05, 4.69) is 16.0 Å². The zero-order chi connectivity index (χ0) is 18.4.